The van der Waals surface area contributed by atoms with Gasteiger partial charge >= 0.3 is 6.18 Å². The van der Waals surface area contributed by atoms with E-state index in [1.54, 1.807) is 26.8 Å². The van der Waals surface area contributed by atoms with Crippen LogP contribution in [-0.4, -0.2) is 40.3 Å². The number of pyridine rings is 1. The van der Waals surface area contributed by atoms with Crippen LogP contribution in [0.4, 0.5) is 19.0 Å². The highest BCUT2D eigenvalue weighted by Crippen LogP contribution is 2.36. The van der Waals surface area contributed by atoms with Crippen molar-refractivity contribution in [2.75, 3.05) is 18.1 Å². The third-order valence-electron chi connectivity index (χ3n) is 3.48. The SMILES string of the molecule is CC.Cc1cc2nc(C)nc3c2c(n1)OC[C@H](C)N3CC(F)(F)F. The van der Waals surface area contributed by atoms with Crippen LogP contribution in [0.25, 0.3) is 10.9 Å². The van der Waals surface area contributed by atoms with Gasteiger partial charge in [-0.05, 0) is 26.8 Å². The Morgan fingerprint density at radius 2 is 1.88 bits per heavy atom. The Morgan fingerprint density at radius 3 is 2.50 bits per heavy atom. The van der Waals surface area contributed by atoms with E-state index in [-0.39, 0.29) is 12.4 Å². The number of hydrogen-bond acceptors (Lipinski definition) is 5. The number of rotatable bonds is 1. The molecule has 0 aliphatic carbocycles. The lowest BCUT2D eigenvalue weighted by Gasteiger charge is -2.29. The maximum Gasteiger partial charge on any atom is 0.405 e. The summed E-state index contributed by atoms with van der Waals surface area (Å²) in [6.07, 6.45) is -4.33. The molecule has 1 aliphatic heterocycles. The normalized spacial score (nSPS) is 17.0. The van der Waals surface area contributed by atoms with Crippen molar-refractivity contribution in [2.45, 2.75) is 46.8 Å². The number of aryl methyl sites for hydroxylation is 2. The molecule has 5 nitrogen and oxygen atoms in total. The summed E-state index contributed by atoms with van der Waals surface area (Å²) in [5.74, 6) is 0.939. The van der Waals surface area contributed by atoms with E-state index in [1.807, 2.05) is 13.8 Å². The van der Waals surface area contributed by atoms with Gasteiger partial charge in [0.15, 0.2) is 0 Å². The Kier molecular flexibility index (Phi) is 5.15. The number of halogens is 3. The standard InChI is InChI=1S/C14H15F3N4O.C2H6/c1-7-4-10-11-12(20-9(3)19-10)21(6-14(15,16)17)8(2)5-22-13(11)18-7;1-2/h4,8H,5-6H2,1-3H3;1-2H3/t8-;/m0./s1. The van der Waals surface area contributed by atoms with Crippen molar-refractivity contribution < 1.29 is 17.9 Å². The molecular formula is C16H21F3N4O. The fourth-order valence-electron chi connectivity index (χ4n) is 2.57. The van der Waals surface area contributed by atoms with Gasteiger partial charge in [0.25, 0.3) is 0 Å². The molecular weight excluding hydrogens is 321 g/mol. The lowest BCUT2D eigenvalue weighted by Crippen LogP contribution is -2.43. The van der Waals surface area contributed by atoms with Gasteiger partial charge in [-0.1, -0.05) is 13.8 Å². The monoisotopic (exact) mass is 342 g/mol. The first-order valence-corrected chi connectivity index (χ1v) is 7.87. The topological polar surface area (TPSA) is 51.1 Å². The molecule has 1 atom stereocenters. The molecule has 0 bridgehead atoms. The van der Waals surface area contributed by atoms with E-state index in [4.69, 9.17) is 4.74 Å². The summed E-state index contributed by atoms with van der Waals surface area (Å²) in [5, 5.41) is 0.435. The highest BCUT2D eigenvalue weighted by Gasteiger charge is 2.36. The second kappa shape index (κ2) is 6.78. The first-order valence-electron chi connectivity index (χ1n) is 7.87. The molecule has 0 amide bonds. The molecule has 1 aliphatic rings. The molecule has 0 fully saturated rings. The predicted molar refractivity (Wildman–Crippen MR) is 86.5 cm³/mol. The lowest BCUT2D eigenvalue weighted by molar-refractivity contribution is -0.120. The third-order valence-corrected chi connectivity index (χ3v) is 3.48. The van der Waals surface area contributed by atoms with Gasteiger partial charge in [-0.2, -0.15) is 13.2 Å². The number of hydrogen-bond donors (Lipinski definition) is 0. The number of nitrogens with zero attached hydrogens (tertiary/aromatic N) is 4. The number of alkyl halides is 3. The van der Waals surface area contributed by atoms with Crippen molar-refractivity contribution in [1.82, 2.24) is 15.0 Å². The summed E-state index contributed by atoms with van der Waals surface area (Å²) in [4.78, 5) is 14.0. The largest absolute Gasteiger partial charge is 0.475 e. The van der Waals surface area contributed by atoms with E-state index >= 15 is 0 Å². The number of ether oxygens (including phenoxy) is 1. The van der Waals surface area contributed by atoms with E-state index in [1.165, 1.54) is 4.90 Å². The molecule has 24 heavy (non-hydrogen) atoms. The van der Waals surface area contributed by atoms with Gasteiger partial charge in [0, 0.05) is 5.69 Å². The van der Waals surface area contributed by atoms with E-state index in [0.29, 0.717) is 28.3 Å². The molecule has 0 saturated carbocycles. The van der Waals surface area contributed by atoms with Gasteiger partial charge in [0.1, 0.15) is 30.2 Å². The summed E-state index contributed by atoms with van der Waals surface area (Å²) >= 11 is 0. The number of aromatic nitrogens is 3. The van der Waals surface area contributed by atoms with Crippen molar-refractivity contribution in [1.29, 1.82) is 0 Å². The highest BCUT2D eigenvalue weighted by atomic mass is 19.4. The maximum atomic E-state index is 12.9. The lowest BCUT2D eigenvalue weighted by atomic mass is 10.2. The zero-order valence-corrected chi connectivity index (χ0v) is 14.4. The van der Waals surface area contributed by atoms with E-state index < -0.39 is 18.8 Å². The fraction of sp³-hybridized carbons (Fsp3) is 0.562. The van der Waals surface area contributed by atoms with Crippen LogP contribution in [-0.2, 0) is 0 Å². The molecule has 2 aromatic rings. The van der Waals surface area contributed by atoms with Gasteiger partial charge in [-0.25, -0.2) is 15.0 Å². The Balaban J connectivity index is 0.00000100. The van der Waals surface area contributed by atoms with Gasteiger partial charge in [-0.15, -0.1) is 0 Å². The van der Waals surface area contributed by atoms with Crippen molar-refractivity contribution in [2.24, 2.45) is 0 Å². The molecule has 0 aromatic carbocycles. The summed E-state index contributed by atoms with van der Waals surface area (Å²) < 4.78 is 44.4. The van der Waals surface area contributed by atoms with Crippen LogP contribution >= 0.6 is 0 Å². The Hall–Kier alpha value is -2.12. The molecule has 3 heterocycles. The first-order chi connectivity index (χ1) is 11.2. The highest BCUT2D eigenvalue weighted by molar-refractivity contribution is 5.94. The van der Waals surface area contributed by atoms with Gasteiger partial charge in [0.2, 0.25) is 5.88 Å². The predicted octanol–water partition coefficient (Wildman–Crippen LogP) is 3.82. The molecule has 3 rings (SSSR count). The van der Waals surface area contributed by atoms with E-state index in [9.17, 15) is 13.2 Å². The summed E-state index contributed by atoms with van der Waals surface area (Å²) in [6.45, 7) is 8.15. The van der Waals surface area contributed by atoms with Crippen LogP contribution < -0.4 is 9.64 Å². The van der Waals surface area contributed by atoms with E-state index in [2.05, 4.69) is 15.0 Å². The zero-order valence-electron chi connectivity index (χ0n) is 14.4. The van der Waals surface area contributed by atoms with Crippen LogP contribution in [0.5, 0.6) is 5.88 Å². The Bertz CT molecular complexity index is 728. The van der Waals surface area contributed by atoms with Crippen molar-refractivity contribution in [3.63, 3.8) is 0 Å². The van der Waals surface area contributed by atoms with Gasteiger partial charge < -0.3 is 9.64 Å². The van der Waals surface area contributed by atoms with E-state index in [0.717, 1.165) is 0 Å². The summed E-state index contributed by atoms with van der Waals surface area (Å²) in [5.41, 5.74) is 1.25. The molecule has 0 unspecified atom stereocenters. The Labute approximate surface area is 138 Å². The van der Waals surface area contributed by atoms with Crippen LogP contribution in [0.2, 0.25) is 0 Å². The minimum Gasteiger partial charge on any atom is -0.475 e. The second-order valence-corrected chi connectivity index (χ2v) is 5.46. The summed E-state index contributed by atoms with van der Waals surface area (Å²) in [6, 6.07) is 1.25. The average Bonchev–Trinajstić information content (AvgIpc) is 2.60. The zero-order chi connectivity index (χ0) is 18.1. The van der Waals surface area contributed by atoms with Crippen LogP contribution in [0, 0.1) is 13.8 Å². The van der Waals surface area contributed by atoms with Crippen molar-refractivity contribution in [3.05, 3.63) is 17.6 Å². The van der Waals surface area contributed by atoms with Crippen LogP contribution in [0.1, 0.15) is 32.3 Å². The molecule has 0 saturated heterocycles. The first kappa shape index (κ1) is 18.2. The van der Waals surface area contributed by atoms with Crippen molar-refractivity contribution >= 4 is 16.7 Å². The fourth-order valence-corrected chi connectivity index (χ4v) is 2.57. The third kappa shape index (κ3) is 3.68. The maximum absolute atomic E-state index is 12.9. The molecule has 132 valence electrons. The minimum atomic E-state index is -4.33. The van der Waals surface area contributed by atoms with Crippen LogP contribution in [0.15, 0.2) is 6.07 Å². The smallest absolute Gasteiger partial charge is 0.405 e. The number of anilines is 1. The van der Waals surface area contributed by atoms with Crippen molar-refractivity contribution in [3.8, 4) is 5.88 Å². The average molecular weight is 342 g/mol. The van der Waals surface area contributed by atoms with Gasteiger partial charge in [-0.3, -0.25) is 0 Å². The molecule has 0 radical (unpaired) electrons. The molecule has 0 N–H and O–H groups in total. The molecule has 8 heteroatoms. The molecule has 0 spiro atoms. The minimum absolute atomic E-state index is 0.108. The second-order valence-electron chi connectivity index (χ2n) is 5.46. The quantitative estimate of drug-likeness (QED) is 0.789. The van der Waals surface area contributed by atoms with Crippen LogP contribution in [0.3, 0.4) is 0 Å². The van der Waals surface area contributed by atoms with Gasteiger partial charge in [0.05, 0.1) is 11.6 Å². The molecule has 2 aromatic heterocycles. The Morgan fingerprint density at radius 1 is 1.21 bits per heavy atom. The summed E-state index contributed by atoms with van der Waals surface area (Å²) in [7, 11) is 0.